The van der Waals surface area contributed by atoms with Gasteiger partial charge in [0.1, 0.15) is 11.4 Å². The van der Waals surface area contributed by atoms with Crippen molar-refractivity contribution in [2.45, 2.75) is 25.1 Å². The van der Waals surface area contributed by atoms with Gasteiger partial charge in [0.15, 0.2) is 0 Å². The Labute approximate surface area is 199 Å². The number of aromatic amines is 1. The zero-order chi connectivity index (χ0) is 24.7. The highest BCUT2D eigenvalue weighted by molar-refractivity contribution is 5.99. The summed E-state index contributed by atoms with van der Waals surface area (Å²) in [6, 6.07) is 10.4. The van der Waals surface area contributed by atoms with Crippen molar-refractivity contribution in [3.63, 3.8) is 0 Å². The van der Waals surface area contributed by atoms with Crippen molar-refractivity contribution < 1.29 is 18.0 Å². The average molecular weight is 480 g/mol. The van der Waals surface area contributed by atoms with Gasteiger partial charge in [0.05, 0.1) is 11.1 Å². The summed E-state index contributed by atoms with van der Waals surface area (Å²) in [6.07, 6.45) is -1.19. The molecule has 1 fully saturated rings. The highest BCUT2D eigenvalue weighted by Crippen LogP contribution is 2.38. The quantitative estimate of drug-likeness (QED) is 0.458. The Hall–Kier alpha value is -3.79. The topological polar surface area (TPSA) is 86.8 Å². The van der Waals surface area contributed by atoms with Gasteiger partial charge in [-0.1, -0.05) is 18.2 Å². The van der Waals surface area contributed by atoms with Gasteiger partial charge >= 0.3 is 6.18 Å². The van der Waals surface area contributed by atoms with Gasteiger partial charge in [-0.25, -0.2) is 0 Å². The maximum Gasteiger partial charge on any atom is 0.416 e. The van der Waals surface area contributed by atoms with Crippen molar-refractivity contribution in [3.8, 4) is 11.3 Å². The molecule has 1 aromatic carbocycles. The third-order valence-electron chi connectivity index (χ3n) is 6.33. The molecule has 0 bridgehead atoms. The van der Waals surface area contributed by atoms with E-state index in [4.69, 9.17) is 0 Å². The van der Waals surface area contributed by atoms with E-state index in [1.165, 1.54) is 12.1 Å². The van der Waals surface area contributed by atoms with Crippen molar-refractivity contribution >= 4 is 16.8 Å². The predicted octanol–water partition coefficient (Wildman–Crippen LogP) is 4.17. The van der Waals surface area contributed by atoms with Crippen LogP contribution >= 0.6 is 0 Å². The molecule has 2 atom stereocenters. The number of hydrogen-bond acceptors (Lipinski definition) is 5. The van der Waals surface area contributed by atoms with Crippen molar-refractivity contribution in [3.05, 3.63) is 77.4 Å². The van der Waals surface area contributed by atoms with Gasteiger partial charge in [-0.2, -0.15) is 18.3 Å². The maximum absolute atomic E-state index is 13.6. The third kappa shape index (κ3) is 4.49. The van der Waals surface area contributed by atoms with E-state index in [1.54, 1.807) is 24.5 Å². The highest BCUT2D eigenvalue weighted by Gasteiger charge is 2.40. The fraction of sp³-hybridized carbons (Fsp3) is 0.280. The zero-order valence-electron chi connectivity index (χ0n) is 19.1. The number of aromatic nitrogens is 4. The first-order valence-corrected chi connectivity index (χ1v) is 11.1. The first-order valence-electron chi connectivity index (χ1n) is 11.1. The summed E-state index contributed by atoms with van der Waals surface area (Å²) in [7, 11) is 1.83. The molecule has 1 amide bonds. The minimum Gasteiger partial charge on any atom is -0.346 e. The van der Waals surface area contributed by atoms with Gasteiger partial charge in [0.2, 0.25) is 0 Å². The molecule has 5 rings (SSSR count). The van der Waals surface area contributed by atoms with Crippen LogP contribution < -0.4 is 5.32 Å². The molecule has 1 aliphatic rings. The molecule has 0 unspecified atom stereocenters. The summed E-state index contributed by atoms with van der Waals surface area (Å²) >= 11 is 0. The summed E-state index contributed by atoms with van der Waals surface area (Å²) in [5, 5.41) is 11.0. The molecule has 7 nitrogen and oxygen atoms in total. The van der Waals surface area contributed by atoms with Crippen LogP contribution in [0.4, 0.5) is 13.2 Å². The van der Waals surface area contributed by atoms with E-state index in [0.29, 0.717) is 24.3 Å². The number of aryl methyl sites for hydroxylation is 1. The van der Waals surface area contributed by atoms with Crippen LogP contribution in [0.5, 0.6) is 0 Å². The molecule has 3 aromatic heterocycles. The molecule has 1 saturated heterocycles. The number of carbonyl (C=O) groups excluding carboxylic acids is 1. The van der Waals surface area contributed by atoms with Crippen molar-refractivity contribution in [1.82, 2.24) is 30.4 Å². The number of benzene rings is 1. The normalized spacial score (nSPS) is 18.8. The lowest BCUT2D eigenvalue weighted by molar-refractivity contribution is -0.138. The van der Waals surface area contributed by atoms with Gasteiger partial charge in [0, 0.05) is 54.1 Å². The lowest BCUT2D eigenvalue weighted by Crippen LogP contribution is -2.40. The van der Waals surface area contributed by atoms with Crippen LogP contribution in [0, 0.1) is 6.92 Å². The molecule has 2 N–H and O–H groups in total. The molecule has 0 saturated carbocycles. The lowest BCUT2D eigenvalue weighted by Gasteiger charge is -2.23. The van der Waals surface area contributed by atoms with E-state index in [9.17, 15) is 18.0 Å². The maximum atomic E-state index is 13.6. The summed E-state index contributed by atoms with van der Waals surface area (Å²) in [5.74, 6) is -0.947. The fourth-order valence-corrected chi connectivity index (χ4v) is 4.73. The molecule has 35 heavy (non-hydrogen) atoms. The summed E-state index contributed by atoms with van der Waals surface area (Å²) in [4.78, 5) is 23.5. The van der Waals surface area contributed by atoms with E-state index in [1.807, 2.05) is 31.0 Å². The lowest BCUT2D eigenvalue weighted by atomic mass is 9.90. The number of nitrogens with one attached hydrogen (secondary N) is 2. The SMILES string of the molecule is Cc1cc(-c2n[nH]c3cc(C(=O)N[C@@H]4CN(C)C[C@H]4c4ccccc4C(F)(F)F)ncc23)ccn1. The molecule has 1 aliphatic heterocycles. The molecular formula is C25H23F3N6O. The number of likely N-dealkylation sites (N-methyl/N-ethyl adjacent to an activating group) is 1. The van der Waals surface area contributed by atoms with Crippen LogP contribution in [-0.4, -0.2) is 57.2 Å². The second-order valence-electron chi connectivity index (χ2n) is 8.87. The van der Waals surface area contributed by atoms with E-state index < -0.39 is 29.6 Å². The fourth-order valence-electron chi connectivity index (χ4n) is 4.73. The number of carbonyl (C=O) groups is 1. The number of alkyl halides is 3. The Kier molecular flexibility index (Phi) is 5.76. The third-order valence-corrected chi connectivity index (χ3v) is 6.33. The van der Waals surface area contributed by atoms with E-state index in [0.717, 1.165) is 22.7 Å². The number of amides is 1. The van der Waals surface area contributed by atoms with Crippen LogP contribution in [0.1, 0.15) is 33.2 Å². The number of rotatable bonds is 4. The van der Waals surface area contributed by atoms with Gasteiger partial charge < -0.3 is 10.2 Å². The van der Waals surface area contributed by atoms with Gasteiger partial charge in [-0.15, -0.1) is 0 Å². The molecule has 180 valence electrons. The number of halogens is 3. The Bertz CT molecular complexity index is 1400. The molecule has 10 heteroatoms. The molecule has 0 radical (unpaired) electrons. The van der Waals surface area contributed by atoms with Crippen LogP contribution in [0.25, 0.3) is 22.2 Å². The zero-order valence-corrected chi connectivity index (χ0v) is 19.1. The molecule has 0 spiro atoms. The number of pyridine rings is 2. The minimum absolute atomic E-state index is 0.163. The minimum atomic E-state index is -4.47. The summed E-state index contributed by atoms with van der Waals surface area (Å²) in [5.41, 5.74) is 2.74. The average Bonchev–Trinajstić information content (AvgIpc) is 3.41. The standard InChI is InChI=1S/C25H23F3N6O/c1-14-9-15(7-8-29-14)23-17-11-30-21(10-20(17)32-33-23)24(35)31-22-13-34(2)12-18(22)16-5-3-4-6-19(16)25(26,27)28/h3-11,18,22H,12-13H2,1-2H3,(H,31,35)(H,32,33)/t18-,22+/m0/s1. The smallest absolute Gasteiger partial charge is 0.346 e. The van der Waals surface area contributed by atoms with E-state index >= 15 is 0 Å². The van der Waals surface area contributed by atoms with Crippen molar-refractivity contribution in [1.29, 1.82) is 0 Å². The molecular weight excluding hydrogens is 457 g/mol. The van der Waals surface area contributed by atoms with Crippen molar-refractivity contribution in [2.24, 2.45) is 0 Å². The summed E-state index contributed by atoms with van der Waals surface area (Å²) < 4.78 is 40.9. The van der Waals surface area contributed by atoms with Crippen molar-refractivity contribution in [2.75, 3.05) is 20.1 Å². The monoisotopic (exact) mass is 480 g/mol. The highest BCUT2D eigenvalue weighted by atomic mass is 19.4. The van der Waals surface area contributed by atoms with Crippen LogP contribution in [0.3, 0.4) is 0 Å². The first kappa shape index (κ1) is 23.0. The largest absolute Gasteiger partial charge is 0.416 e. The second-order valence-corrected chi connectivity index (χ2v) is 8.87. The predicted molar refractivity (Wildman–Crippen MR) is 125 cm³/mol. The molecule has 4 aromatic rings. The van der Waals surface area contributed by atoms with Crippen LogP contribution in [0.15, 0.2) is 54.9 Å². The Balaban J connectivity index is 1.40. The Morgan fingerprint density at radius 2 is 1.94 bits per heavy atom. The van der Waals surface area contributed by atoms with Gasteiger partial charge in [-0.05, 0) is 43.8 Å². The number of H-pyrrole nitrogens is 1. The van der Waals surface area contributed by atoms with Gasteiger partial charge in [-0.3, -0.25) is 19.9 Å². The molecule has 4 heterocycles. The van der Waals surface area contributed by atoms with E-state index in [-0.39, 0.29) is 11.3 Å². The Morgan fingerprint density at radius 1 is 1.14 bits per heavy atom. The van der Waals surface area contributed by atoms with Crippen LogP contribution in [0.2, 0.25) is 0 Å². The number of hydrogen-bond donors (Lipinski definition) is 2. The number of likely N-dealkylation sites (tertiary alicyclic amines) is 1. The Morgan fingerprint density at radius 3 is 2.71 bits per heavy atom. The first-order chi connectivity index (χ1) is 16.7. The number of fused-ring (bicyclic) bond motifs is 1. The second kappa shape index (κ2) is 8.77. The number of nitrogens with zero attached hydrogens (tertiary/aromatic N) is 4. The van der Waals surface area contributed by atoms with E-state index in [2.05, 4.69) is 25.5 Å². The molecule has 0 aliphatic carbocycles. The van der Waals surface area contributed by atoms with Crippen LogP contribution in [-0.2, 0) is 6.18 Å². The summed E-state index contributed by atoms with van der Waals surface area (Å²) in [6.45, 7) is 2.72. The van der Waals surface area contributed by atoms with Gasteiger partial charge in [0.25, 0.3) is 5.91 Å².